The molecule has 1 aromatic rings. The zero-order valence-corrected chi connectivity index (χ0v) is 10.3. The quantitative estimate of drug-likeness (QED) is 0.844. The van der Waals surface area contributed by atoms with Crippen LogP contribution in [0.1, 0.15) is 25.3 Å². The number of benzene rings is 1. The van der Waals surface area contributed by atoms with E-state index < -0.39 is 5.54 Å². The van der Waals surface area contributed by atoms with Crippen LogP contribution in [-0.4, -0.2) is 18.6 Å². The van der Waals surface area contributed by atoms with Gasteiger partial charge in [0.25, 0.3) is 0 Å². The molecule has 1 atom stereocenters. The van der Waals surface area contributed by atoms with E-state index in [1.807, 2.05) is 0 Å². The first-order chi connectivity index (χ1) is 8.17. The van der Waals surface area contributed by atoms with Gasteiger partial charge in [-0.1, -0.05) is 19.1 Å². The maximum absolute atomic E-state index is 9.10. The molecular formula is C14H19N3. The second kappa shape index (κ2) is 4.77. The Morgan fingerprint density at radius 2 is 2.12 bits per heavy atom. The Morgan fingerprint density at radius 1 is 1.41 bits per heavy atom. The van der Waals surface area contributed by atoms with E-state index in [1.54, 1.807) is 0 Å². The van der Waals surface area contributed by atoms with Gasteiger partial charge in [-0.15, -0.1) is 0 Å². The normalized spacial score (nSPS) is 24.4. The lowest BCUT2D eigenvalue weighted by Crippen LogP contribution is -2.53. The summed E-state index contributed by atoms with van der Waals surface area (Å²) >= 11 is 0. The van der Waals surface area contributed by atoms with Crippen LogP contribution in [-0.2, 0) is 6.42 Å². The zero-order chi connectivity index (χ0) is 12.3. The SMILES string of the molecule is CCc1ccc(N2CCCC(N)(C#N)C2)cc1. The number of nitrogens with two attached hydrogens (primary N) is 1. The van der Waals surface area contributed by atoms with Crippen molar-refractivity contribution in [3.63, 3.8) is 0 Å². The van der Waals surface area contributed by atoms with Crippen LogP contribution in [0, 0.1) is 11.3 Å². The molecule has 2 N–H and O–H groups in total. The van der Waals surface area contributed by atoms with E-state index in [2.05, 4.69) is 42.2 Å². The fourth-order valence-electron chi connectivity index (χ4n) is 2.34. The van der Waals surface area contributed by atoms with Gasteiger partial charge >= 0.3 is 0 Å². The number of nitriles is 1. The molecule has 90 valence electrons. The summed E-state index contributed by atoms with van der Waals surface area (Å²) in [5, 5.41) is 9.10. The van der Waals surface area contributed by atoms with Crippen LogP contribution in [0.2, 0.25) is 0 Å². The smallest absolute Gasteiger partial charge is 0.121 e. The van der Waals surface area contributed by atoms with Crippen molar-refractivity contribution in [3.05, 3.63) is 29.8 Å². The van der Waals surface area contributed by atoms with Crippen LogP contribution < -0.4 is 10.6 Å². The Hall–Kier alpha value is -1.53. The lowest BCUT2D eigenvalue weighted by Gasteiger charge is -2.37. The van der Waals surface area contributed by atoms with Gasteiger partial charge in [0.05, 0.1) is 6.07 Å². The summed E-state index contributed by atoms with van der Waals surface area (Å²) in [6.45, 7) is 3.78. The molecule has 1 aliphatic heterocycles. The summed E-state index contributed by atoms with van der Waals surface area (Å²) in [7, 11) is 0. The molecule has 3 heteroatoms. The van der Waals surface area contributed by atoms with Crippen molar-refractivity contribution in [2.24, 2.45) is 5.73 Å². The molecule has 1 unspecified atom stereocenters. The molecule has 1 aromatic carbocycles. The number of anilines is 1. The number of piperidine rings is 1. The minimum absolute atomic E-state index is 0.634. The number of nitrogens with zero attached hydrogens (tertiary/aromatic N) is 2. The molecule has 0 saturated carbocycles. The maximum Gasteiger partial charge on any atom is 0.121 e. The standard InChI is InChI=1S/C14H19N3/c1-2-12-4-6-13(7-5-12)17-9-3-8-14(16,10-15)11-17/h4-7H,2-3,8-9,11,16H2,1H3. The second-order valence-corrected chi connectivity index (χ2v) is 4.81. The van der Waals surface area contributed by atoms with Gasteiger partial charge in [-0.25, -0.2) is 0 Å². The van der Waals surface area contributed by atoms with Crippen molar-refractivity contribution < 1.29 is 0 Å². The van der Waals surface area contributed by atoms with Crippen molar-refractivity contribution in [1.29, 1.82) is 5.26 Å². The first kappa shape index (κ1) is 11.9. The molecule has 1 fully saturated rings. The number of rotatable bonds is 2. The van der Waals surface area contributed by atoms with Gasteiger partial charge in [-0.3, -0.25) is 0 Å². The predicted molar refractivity (Wildman–Crippen MR) is 69.8 cm³/mol. The minimum atomic E-state index is -0.679. The van der Waals surface area contributed by atoms with E-state index in [9.17, 15) is 0 Å². The molecule has 1 aliphatic rings. The van der Waals surface area contributed by atoms with E-state index in [0.29, 0.717) is 6.54 Å². The molecule has 0 spiro atoms. The summed E-state index contributed by atoms with van der Waals surface area (Å²) in [4.78, 5) is 2.21. The van der Waals surface area contributed by atoms with E-state index in [4.69, 9.17) is 11.0 Å². The lowest BCUT2D eigenvalue weighted by molar-refractivity contribution is 0.424. The molecule has 0 bridgehead atoms. The van der Waals surface area contributed by atoms with Gasteiger partial charge in [0.2, 0.25) is 0 Å². The Bertz CT molecular complexity index is 418. The second-order valence-electron chi connectivity index (χ2n) is 4.81. The van der Waals surface area contributed by atoms with Crippen LogP contribution in [0.25, 0.3) is 0 Å². The molecule has 0 aliphatic carbocycles. The van der Waals surface area contributed by atoms with Crippen LogP contribution in [0.15, 0.2) is 24.3 Å². The molecule has 1 heterocycles. The van der Waals surface area contributed by atoms with Crippen molar-refractivity contribution in [1.82, 2.24) is 0 Å². The maximum atomic E-state index is 9.10. The lowest BCUT2D eigenvalue weighted by atomic mass is 9.91. The van der Waals surface area contributed by atoms with Gasteiger partial charge in [0, 0.05) is 18.8 Å². The van der Waals surface area contributed by atoms with Gasteiger partial charge in [0.1, 0.15) is 5.54 Å². The average Bonchev–Trinajstić information content (AvgIpc) is 2.39. The molecule has 3 nitrogen and oxygen atoms in total. The molecule has 17 heavy (non-hydrogen) atoms. The first-order valence-corrected chi connectivity index (χ1v) is 6.21. The Morgan fingerprint density at radius 3 is 2.71 bits per heavy atom. The summed E-state index contributed by atoms with van der Waals surface area (Å²) < 4.78 is 0. The van der Waals surface area contributed by atoms with E-state index >= 15 is 0 Å². The van der Waals surface area contributed by atoms with E-state index in [1.165, 1.54) is 11.3 Å². The van der Waals surface area contributed by atoms with Crippen LogP contribution in [0.5, 0.6) is 0 Å². The predicted octanol–water partition coefficient (Wildman–Crippen LogP) is 2.07. The number of aryl methyl sites for hydroxylation is 1. The highest BCUT2D eigenvalue weighted by atomic mass is 15.2. The highest BCUT2D eigenvalue weighted by Gasteiger charge is 2.31. The van der Waals surface area contributed by atoms with Crippen molar-refractivity contribution >= 4 is 5.69 Å². The highest BCUT2D eigenvalue weighted by Crippen LogP contribution is 2.24. The third-order valence-electron chi connectivity index (χ3n) is 3.46. The molecule has 0 amide bonds. The van der Waals surface area contributed by atoms with Crippen LogP contribution >= 0.6 is 0 Å². The van der Waals surface area contributed by atoms with Gasteiger partial charge in [0.15, 0.2) is 0 Å². The molecule has 0 radical (unpaired) electrons. The van der Waals surface area contributed by atoms with Gasteiger partial charge in [-0.2, -0.15) is 5.26 Å². The minimum Gasteiger partial charge on any atom is -0.369 e. The monoisotopic (exact) mass is 229 g/mol. The van der Waals surface area contributed by atoms with E-state index in [-0.39, 0.29) is 0 Å². The zero-order valence-electron chi connectivity index (χ0n) is 10.3. The fraction of sp³-hybridized carbons (Fsp3) is 0.500. The third kappa shape index (κ3) is 2.59. The van der Waals surface area contributed by atoms with Crippen molar-refractivity contribution in [3.8, 4) is 6.07 Å². The summed E-state index contributed by atoms with van der Waals surface area (Å²) in [5.41, 5.74) is 7.87. The molecule has 1 saturated heterocycles. The summed E-state index contributed by atoms with van der Waals surface area (Å²) in [5.74, 6) is 0. The third-order valence-corrected chi connectivity index (χ3v) is 3.46. The molecule has 2 rings (SSSR count). The Labute approximate surface area is 103 Å². The largest absolute Gasteiger partial charge is 0.369 e. The van der Waals surface area contributed by atoms with Crippen molar-refractivity contribution in [2.75, 3.05) is 18.0 Å². The number of hydrogen-bond acceptors (Lipinski definition) is 3. The van der Waals surface area contributed by atoms with Crippen molar-refractivity contribution in [2.45, 2.75) is 31.7 Å². The van der Waals surface area contributed by atoms with Gasteiger partial charge < -0.3 is 10.6 Å². The topological polar surface area (TPSA) is 53.0 Å². The van der Waals surface area contributed by atoms with Crippen LogP contribution in [0.4, 0.5) is 5.69 Å². The first-order valence-electron chi connectivity index (χ1n) is 6.21. The fourth-order valence-corrected chi connectivity index (χ4v) is 2.34. The number of hydrogen-bond donors (Lipinski definition) is 1. The highest BCUT2D eigenvalue weighted by molar-refractivity contribution is 5.49. The summed E-state index contributed by atoms with van der Waals surface area (Å²) in [6.07, 6.45) is 2.84. The molecule has 0 aromatic heterocycles. The Balaban J connectivity index is 2.14. The summed E-state index contributed by atoms with van der Waals surface area (Å²) in [6, 6.07) is 10.8. The van der Waals surface area contributed by atoms with Crippen LogP contribution in [0.3, 0.4) is 0 Å². The average molecular weight is 229 g/mol. The van der Waals surface area contributed by atoms with Gasteiger partial charge in [-0.05, 0) is 37.0 Å². The Kier molecular flexibility index (Phi) is 3.35. The van der Waals surface area contributed by atoms with E-state index in [0.717, 1.165) is 25.8 Å². The molecular weight excluding hydrogens is 210 g/mol.